The Balaban J connectivity index is 1.96. The van der Waals surface area contributed by atoms with Gasteiger partial charge in [-0.3, -0.25) is 15.0 Å². The summed E-state index contributed by atoms with van der Waals surface area (Å²) in [4.78, 5) is 28.0. The van der Waals surface area contributed by atoms with Crippen LogP contribution in [0.1, 0.15) is 0 Å². The number of likely N-dealkylation sites (N-methyl/N-ethyl adjacent to an activating group) is 1. The van der Waals surface area contributed by atoms with E-state index in [-0.39, 0.29) is 18.4 Å². The normalized spacial score (nSPS) is 14.4. The molecule has 1 aliphatic heterocycles. The Morgan fingerprint density at radius 3 is 2.83 bits per heavy atom. The van der Waals surface area contributed by atoms with Crippen molar-refractivity contribution in [1.29, 1.82) is 0 Å². The van der Waals surface area contributed by atoms with Gasteiger partial charge < -0.3 is 5.32 Å². The minimum Gasteiger partial charge on any atom is -0.308 e. The second-order valence-corrected chi connectivity index (χ2v) is 4.12. The molecule has 1 aliphatic rings. The Bertz CT molecular complexity index is 530. The first-order valence-electron chi connectivity index (χ1n) is 5.21. The molecule has 0 atom stereocenters. The molecule has 7 heteroatoms. The van der Waals surface area contributed by atoms with E-state index in [0.717, 1.165) is 0 Å². The van der Waals surface area contributed by atoms with Crippen molar-refractivity contribution in [3.63, 3.8) is 0 Å². The van der Waals surface area contributed by atoms with E-state index in [2.05, 4.69) is 15.6 Å². The summed E-state index contributed by atoms with van der Waals surface area (Å²) in [6, 6.07) is 6.28. The number of carbonyl (C=O) groups excluding carboxylic acids is 2. The lowest BCUT2D eigenvalue weighted by molar-refractivity contribution is -0.123. The molecule has 0 bridgehead atoms. The third kappa shape index (κ3) is 2.78. The summed E-state index contributed by atoms with van der Waals surface area (Å²) < 4.78 is 0. The molecule has 1 aromatic rings. The highest BCUT2D eigenvalue weighted by Gasteiger charge is 2.22. The van der Waals surface area contributed by atoms with Gasteiger partial charge in [0.25, 0.3) is 5.91 Å². The van der Waals surface area contributed by atoms with E-state index in [1.165, 1.54) is 4.90 Å². The van der Waals surface area contributed by atoms with Crippen molar-refractivity contribution in [2.45, 2.75) is 0 Å². The van der Waals surface area contributed by atoms with Gasteiger partial charge in [-0.15, -0.1) is 0 Å². The molecule has 0 aliphatic carbocycles. The number of carbonyl (C=O) groups is 2. The molecule has 1 aromatic carbocycles. The zero-order valence-electron chi connectivity index (χ0n) is 9.61. The van der Waals surface area contributed by atoms with Crippen LogP contribution in [0.5, 0.6) is 0 Å². The molecule has 0 saturated heterocycles. The van der Waals surface area contributed by atoms with Crippen LogP contribution in [0.4, 0.5) is 10.5 Å². The fourth-order valence-corrected chi connectivity index (χ4v) is 1.62. The van der Waals surface area contributed by atoms with E-state index >= 15 is 0 Å². The fourth-order valence-electron chi connectivity index (χ4n) is 1.43. The third-order valence-corrected chi connectivity index (χ3v) is 2.60. The van der Waals surface area contributed by atoms with Crippen molar-refractivity contribution < 1.29 is 9.59 Å². The highest BCUT2D eigenvalue weighted by atomic mass is 35.5. The maximum atomic E-state index is 11.6. The van der Waals surface area contributed by atoms with Crippen LogP contribution >= 0.6 is 11.6 Å². The number of amides is 3. The number of anilines is 1. The number of guanidine groups is 1. The molecular weight excluding hydrogens is 256 g/mol. The lowest BCUT2D eigenvalue weighted by Gasteiger charge is -2.13. The number of nitrogens with one attached hydrogen (secondary N) is 2. The summed E-state index contributed by atoms with van der Waals surface area (Å²) in [5, 5.41) is 5.61. The van der Waals surface area contributed by atoms with Gasteiger partial charge in [0, 0.05) is 17.8 Å². The van der Waals surface area contributed by atoms with Crippen LogP contribution in [0.2, 0.25) is 5.02 Å². The van der Waals surface area contributed by atoms with Crippen LogP contribution in [-0.2, 0) is 4.79 Å². The van der Waals surface area contributed by atoms with Crippen molar-refractivity contribution in [3.8, 4) is 0 Å². The lowest BCUT2D eigenvalue weighted by atomic mass is 10.3. The number of hydrogen-bond donors (Lipinski definition) is 2. The molecule has 6 nitrogen and oxygen atoms in total. The minimum atomic E-state index is -0.474. The van der Waals surface area contributed by atoms with Gasteiger partial charge in [-0.05, 0) is 18.2 Å². The summed E-state index contributed by atoms with van der Waals surface area (Å²) in [6.07, 6.45) is 0. The number of halogens is 1. The monoisotopic (exact) mass is 266 g/mol. The van der Waals surface area contributed by atoms with Crippen LogP contribution < -0.4 is 10.6 Å². The van der Waals surface area contributed by atoms with Gasteiger partial charge in [-0.25, -0.2) is 9.79 Å². The molecule has 0 saturated carbocycles. The molecule has 0 aromatic heterocycles. The number of hydrogen-bond acceptors (Lipinski definition) is 3. The molecule has 0 unspecified atom stereocenters. The van der Waals surface area contributed by atoms with Crippen LogP contribution in [0.3, 0.4) is 0 Å². The number of aliphatic imine (C=N–C) groups is 1. The maximum absolute atomic E-state index is 11.6. The van der Waals surface area contributed by atoms with E-state index in [1.54, 1.807) is 31.3 Å². The van der Waals surface area contributed by atoms with Crippen molar-refractivity contribution in [2.24, 2.45) is 4.99 Å². The fraction of sp³-hybridized carbons (Fsp3) is 0.182. The van der Waals surface area contributed by atoms with E-state index in [1.807, 2.05) is 0 Å². The second kappa shape index (κ2) is 5.05. The molecule has 2 N–H and O–H groups in total. The molecule has 0 fully saturated rings. The smallest absolute Gasteiger partial charge is 0.308 e. The highest BCUT2D eigenvalue weighted by Crippen LogP contribution is 2.14. The molecule has 3 amide bonds. The predicted molar refractivity (Wildman–Crippen MR) is 68.7 cm³/mol. The molecule has 1 heterocycles. The topological polar surface area (TPSA) is 73.8 Å². The Morgan fingerprint density at radius 1 is 1.44 bits per heavy atom. The predicted octanol–water partition coefficient (Wildman–Crippen LogP) is 1.29. The number of urea groups is 1. The van der Waals surface area contributed by atoms with Gasteiger partial charge in [-0.1, -0.05) is 17.7 Å². The summed E-state index contributed by atoms with van der Waals surface area (Å²) in [5.74, 6) is 0.0765. The van der Waals surface area contributed by atoms with Crippen LogP contribution in [0.15, 0.2) is 29.3 Å². The quantitative estimate of drug-likeness (QED) is 0.804. The third-order valence-electron chi connectivity index (χ3n) is 2.36. The molecular formula is C11H11ClN4O2. The van der Waals surface area contributed by atoms with E-state index in [4.69, 9.17) is 11.6 Å². The van der Waals surface area contributed by atoms with Gasteiger partial charge in [-0.2, -0.15) is 0 Å². The van der Waals surface area contributed by atoms with Crippen molar-refractivity contribution in [1.82, 2.24) is 10.2 Å². The molecule has 94 valence electrons. The number of rotatable bonds is 1. The number of nitrogens with zero attached hydrogens (tertiary/aromatic N) is 2. The summed E-state index contributed by atoms with van der Waals surface area (Å²) in [7, 11) is 1.55. The average Bonchev–Trinajstić information content (AvgIpc) is 2.61. The SMILES string of the molecule is CN1C(=O)CN=C1NC(=O)Nc1cccc(Cl)c1. The first-order valence-corrected chi connectivity index (χ1v) is 5.58. The summed E-state index contributed by atoms with van der Waals surface area (Å²) in [5.41, 5.74) is 0.563. The highest BCUT2D eigenvalue weighted by molar-refractivity contribution is 6.30. The van der Waals surface area contributed by atoms with E-state index in [9.17, 15) is 9.59 Å². The zero-order chi connectivity index (χ0) is 13.1. The maximum Gasteiger partial charge on any atom is 0.326 e. The van der Waals surface area contributed by atoms with Crippen molar-refractivity contribution >= 4 is 35.2 Å². The Kier molecular flexibility index (Phi) is 3.47. The van der Waals surface area contributed by atoms with Gasteiger partial charge in [0.2, 0.25) is 5.96 Å². The molecule has 0 radical (unpaired) electrons. The first kappa shape index (κ1) is 12.4. The van der Waals surface area contributed by atoms with Gasteiger partial charge in [0.05, 0.1) is 0 Å². The Morgan fingerprint density at radius 2 is 2.22 bits per heavy atom. The van der Waals surface area contributed by atoms with E-state index < -0.39 is 6.03 Å². The van der Waals surface area contributed by atoms with E-state index in [0.29, 0.717) is 10.7 Å². The van der Waals surface area contributed by atoms with Crippen molar-refractivity contribution in [2.75, 3.05) is 18.9 Å². The molecule has 2 rings (SSSR count). The molecule has 18 heavy (non-hydrogen) atoms. The lowest BCUT2D eigenvalue weighted by Crippen LogP contribution is -2.43. The van der Waals surface area contributed by atoms with Crippen LogP contribution in [0.25, 0.3) is 0 Å². The summed E-state index contributed by atoms with van der Waals surface area (Å²) in [6.45, 7) is 0.0588. The second-order valence-electron chi connectivity index (χ2n) is 3.68. The largest absolute Gasteiger partial charge is 0.326 e. The number of benzene rings is 1. The Hall–Kier alpha value is -2.08. The van der Waals surface area contributed by atoms with Gasteiger partial charge in [0.1, 0.15) is 6.54 Å². The zero-order valence-corrected chi connectivity index (χ0v) is 10.4. The minimum absolute atomic E-state index is 0.0588. The standard InChI is InChI=1S/C11H11ClN4O2/c1-16-9(17)6-13-10(16)15-11(18)14-8-4-2-3-7(12)5-8/h2-5H,6H2,1H3,(H2,13,14,15,18). The Labute approximate surface area is 109 Å². The van der Waals surface area contributed by atoms with Gasteiger partial charge in [0.15, 0.2) is 0 Å². The molecule has 0 spiro atoms. The van der Waals surface area contributed by atoms with Crippen LogP contribution in [0, 0.1) is 0 Å². The average molecular weight is 267 g/mol. The first-order chi connectivity index (χ1) is 8.56. The summed E-state index contributed by atoms with van der Waals surface area (Å²) >= 11 is 5.79. The van der Waals surface area contributed by atoms with Crippen molar-refractivity contribution in [3.05, 3.63) is 29.3 Å². The van der Waals surface area contributed by atoms with Gasteiger partial charge >= 0.3 is 6.03 Å². The van der Waals surface area contributed by atoms with Crippen LogP contribution in [-0.4, -0.2) is 36.4 Å².